The molecule has 1 aliphatic carbocycles. The third-order valence-electron chi connectivity index (χ3n) is 5.31. The van der Waals surface area contributed by atoms with Crippen LogP contribution in [0.4, 0.5) is 5.69 Å². The lowest BCUT2D eigenvalue weighted by atomic mass is 9.78. The van der Waals surface area contributed by atoms with Crippen LogP contribution in [0, 0.1) is 5.92 Å². The lowest BCUT2D eigenvalue weighted by Crippen LogP contribution is -2.41. The van der Waals surface area contributed by atoms with Gasteiger partial charge in [-0.15, -0.1) is 0 Å². The molecular formula is C19H30BNO5S. The van der Waals surface area contributed by atoms with Crippen molar-refractivity contribution < 1.29 is 22.5 Å². The van der Waals surface area contributed by atoms with Gasteiger partial charge in [-0.05, 0) is 64.7 Å². The fourth-order valence-electron chi connectivity index (χ4n) is 2.78. The molecule has 150 valence electrons. The van der Waals surface area contributed by atoms with E-state index in [2.05, 4.69) is 18.6 Å². The quantitative estimate of drug-likeness (QED) is 0.719. The molecule has 2 fully saturated rings. The molecule has 0 unspecified atom stereocenters. The van der Waals surface area contributed by atoms with Crippen LogP contribution in [0.2, 0.25) is 0 Å². The number of hydrogen-bond donors (Lipinski definition) is 1. The fraction of sp³-hybridized carbons (Fsp3) is 0.684. The van der Waals surface area contributed by atoms with E-state index < -0.39 is 28.3 Å². The molecule has 1 aliphatic heterocycles. The molecule has 1 heterocycles. The van der Waals surface area contributed by atoms with Crippen molar-refractivity contribution in [3.8, 4) is 5.75 Å². The number of nitrogens with one attached hydrogen (secondary N) is 1. The van der Waals surface area contributed by atoms with Crippen LogP contribution >= 0.6 is 0 Å². The molecule has 0 radical (unpaired) electrons. The number of anilines is 1. The second kappa shape index (κ2) is 6.97. The molecule has 0 bridgehead atoms. The van der Waals surface area contributed by atoms with E-state index in [9.17, 15) is 8.42 Å². The predicted octanol–water partition coefficient (Wildman–Crippen LogP) is 2.92. The molecule has 27 heavy (non-hydrogen) atoms. The summed E-state index contributed by atoms with van der Waals surface area (Å²) in [7, 11) is -3.96. The number of rotatable bonds is 7. The Kier molecular flexibility index (Phi) is 5.29. The Balaban J connectivity index is 1.91. The van der Waals surface area contributed by atoms with Crippen LogP contribution in [0.3, 0.4) is 0 Å². The summed E-state index contributed by atoms with van der Waals surface area (Å²) >= 11 is 0. The van der Waals surface area contributed by atoms with Crippen molar-refractivity contribution in [1.29, 1.82) is 0 Å². The third kappa shape index (κ3) is 4.44. The highest BCUT2D eigenvalue weighted by Crippen LogP contribution is 2.37. The van der Waals surface area contributed by atoms with Gasteiger partial charge in [0.05, 0.1) is 23.1 Å². The summed E-state index contributed by atoms with van der Waals surface area (Å²) in [6, 6.07) is 5.27. The lowest BCUT2D eigenvalue weighted by molar-refractivity contribution is 0.00578. The molecule has 0 spiro atoms. The van der Waals surface area contributed by atoms with Gasteiger partial charge >= 0.3 is 7.12 Å². The molecule has 3 rings (SSSR count). The Morgan fingerprint density at radius 2 is 1.78 bits per heavy atom. The molecule has 0 aromatic heterocycles. The maximum absolute atomic E-state index is 12.3. The van der Waals surface area contributed by atoms with Gasteiger partial charge in [-0.2, -0.15) is 0 Å². The molecule has 1 aromatic rings. The monoisotopic (exact) mass is 395 g/mol. The van der Waals surface area contributed by atoms with Crippen molar-refractivity contribution in [3.05, 3.63) is 18.2 Å². The van der Waals surface area contributed by atoms with E-state index in [-0.39, 0.29) is 5.25 Å². The summed E-state index contributed by atoms with van der Waals surface area (Å²) < 4.78 is 45.6. The summed E-state index contributed by atoms with van der Waals surface area (Å²) in [5.74, 6) is 1.01. The molecule has 1 N–H and O–H groups in total. The maximum Gasteiger partial charge on any atom is 0.498 e. The molecule has 6 nitrogen and oxygen atoms in total. The van der Waals surface area contributed by atoms with E-state index in [1.165, 1.54) is 0 Å². The zero-order valence-corrected chi connectivity index (χ0v) is 17.9. The van der Waals surface area contributed by atoms with Crippen molar-refractivity contribution >= 4 is 28.3 Å². The van der Waals surface area contributed by atoms with Crippen molar-refractivity contribution in [2.45, 2.75) is 70.8 Å². The minimum absolute atomic E-state index is 0.283. The Labute approximate surface area is 163 Å². The summed E-state index contributed by atoms with van der Waals surface area (Å²) in [6.45, 7) is 12.7. The fourth-order valence-corrected chi connectivity index (χ4v) is 4.16. The topological polar surface area (TPSA) is 73.9 Å². The first kappa shape index (κ1) is 20.5. The summed E-state index contributed by atoms with van der Waals surface area (Å²) in [5, 5.41) is -0.283. The van der Waals surface area contributed by atoms with Crippen molar-refractivity contribution in [1.82, 2.24) is 0 Å². The van der Waals surface area contributed by atoms with E-state index in [1.54, 1.807) is 18.2 Å². The van der Waals surface area contributed by atoms with Crippen LogP contribution in [0.1, 0.15) is 54.4 Å². The third-order valence-corrected chi connectivity index (χ3v) is 7.18. The van der Waals surface area contributed by atoms with E-state index in [1.807, 2.05) is 27.7 Å². The summed E-state index contributed by atoms with van der Waals surface area (Å²) in [5.41, 5.74) is 0.223. The first-order valence-corrected chi connectivity index (χ1v) is 11.1. The molecular weight excluding hydrogens is 365 g/mol. The zero-order valence-electron chi connectivity index (χ0n) is 17.0. The number of sulfonamides is 1. The zero-order chi connectivity index (χ0) is 20.0. The molecule has 1 aromatic carbocycles. The average molecular weight is 395 g/mol. The van der Waals surface area contributed by atoms with Crippen molar-refractivity contribution in [2.24, 2.45) is 5.92 Å². The normalized spacial score (nSPS) is 21.5. The maximum atomic E-state index is 12.3. The van der Waals surface area contributed by atoms with Gasteiger partial charge in [0.15, 0.2) is 0 Å². The number of benzene rings is 1. The van der Waals surface area contributed by atoms with Crippen LogP contribution in [0.15, 0.2) is 18.2 Å². The largest absolute Gasteiger partial charge is 0.498 e. The van der Waals surface area contributed by atoms with E-state index in [0.717, 1.165) is 12.8 Å². The van der Waals surface area contributed by atoms with Gasteiger partial charge in [0.1, 0.15) is 5.75 Å². The SMILES string of the molecule is CC(C)COc1ccc(NS(=O)(=O)C2CC2)cc1B1OC(C)(C)C(C)(C)O1. The first-order valence-electron chi connectivity index (χ1n) is 9.55. The predicted molar refractivity (Wildman–Crippen MR) is 108 cm³/mol. The van der Waals surface area contributed by atoms with E-state index in [0.29, 0.717) is 29.4 Å². The average Bonchev–Trinajstić information content (AvgIpc) is 3.34. The van der Waals surface area contributed by atoms with Crippen molar-refractivity contribution in [3.63, 3.8) is 0 Å². The first-order chi connectivity index (χ1) is 12.4. The molecule has 2 aliphatic rings. The number of ether oxygens (including phenoxy) is 1. The molecule has 1 saturated heterocycles. The van der Waals surface area contributed by atoms with Gasteiger partial charge in [0, 0.05) is 11.2 Å². The van der Waals surface area contributed by atoms with Gasteiger partial charge in [-0.25, -0.2) is 8.42 Å². The highest BCUT2D eigenvalue weighted by atomic mass is 32.2. The lowest BCUT2D eigenvalue weighted by Gasteiger charge is -2.32. The molecule has 0 atom stereocenters. The molecule has 1 saturated carbocycles. The van der Waals surface area contributed by atoms with Gasteiger partial charge in [-0.1, -0.05) is 13.8 Å². The second-order valence-corrected chi connectivity index (χ2v) is 10.9. The summed E-state index contributed by atoms with van der Waals surface area (Å²) in [6.07, 6.45) is 1.43. The Hall–Kier alpha value is -1.25. The smallest absolute Gasteiger partial charge is 0.494 e. The Bertz CT molecular complexity index is 786. The van der Waals surface area contributed by atoms with Gasteiger partial charge in [0.2, 0.25) is 10.0 Å². The van der Waals surface area contributed by atoms with Gasteiger partial charge in [-0.3, -0.25) is 4.72 Å². The van der Waals surface area contributed by atoms with Crippen LogP contribution in [0.25, 0.3) is 0 Å². The van der Waals surface area contributed by atoms with E-state index in [4.69, 9.17) is 14.0 Å². The Morgan fingerprint density at radius 1 is 1.19 bits per heavy atom. The van der Waals surface area contributed by atoms with Gasteiger partial charge < -0.3 is 14.0 Å². The van der Waals surface area contributed by atoms with Gasteiger partial charge in [0.25, 0.3) is 0 Å². The minimum atomic E-state index is -3.34. The van der Waals surface area contributed by atoms with Crippen LogP contribution in [-0.2, 0) is 19.3 Å². The molecule has 8 heteroatoms. The molecule has 0 amide bonds. The van der Waals surface area contributed by atoms with Crippen LogP contribution < -0.4 is 14.9 Å². The summed E-state index contributed by atoms with van der Waals surface area (Å²) in [4.78, 5) is 0. The highest BCUT2D eigenvalue weighted by Gasteiger charge is 2.52. The standard InChI is InChI=1S/C19H30BNO5S/c1-13(2)12-24-17-10-7-14(21-27(22,23)15-8-9-15)11-16(17)20-25-18(3,4)19(5,6)26-20/h7,10-11,13,15,21H,8-9,12H2,1-6H3. The van der Waals surface area contributed by atoms with E-state index >= 15 is 0 Å². The van der Waals surface area contributed by atoms with Crippen LogP contribution in [0.5, 0.6) is 5.75 Å². The Morgan fingerprint density at radius 3 is 2.30 bits per heavy atom. The van der Waals surface area contributed by atoms with Crippen molar-refractivity contribution in [2.75, 3.05) is 11.3 Å². The minimum Gasteiger partial charge on any atom is -0.494 e. The highest BCUT2D eigenvalue weighted by molar-refractivity contribution is 7.93. The number of hydrogen-bond acceptors (Lipinski definition) is 5. The van der Waals surface area contributed by atoms with Crippen LogP contribution in [-0.4, -0.2) is 38.6 Å². The second-order valence-electron chi connectivity index (χ2n) is 8.89.